The van der Waals surface area contributed by atoms with Crippen molar-refractivity contribution < 1.29 is 9.18 Å². The molecule has 1 unspecified atom stereocenters. The number of rotatable bonds is 5. The Labute approximate surface area is 125 Å². The Morgan fingerprint density at radius 1 is 1.24 bits per heavy atom. The molecule has 0 radical (unpaired) electrons. The van der Waals surface area contributed by atoms with Crippen molar-refractivity contribution in [2.24, 2.45) is 11.7 Å². The topological polar surface area (TPSA) is 49.6 Å². The van der Waals surface area contributed by atoms with Crippen LogP contribution in [0.1, 0.15) is 19.8 Å². The van der Waals surface area contributed by atoms with E-state index in [0.717, 1.165) is 38.3 Å². The summed E-state index contributed by atoms with van der Waals surface area (Å²) in [5.41, 5.74) is 6.59. The smallest absolute Gasteiger partial charge is 0.222 e. The van der Waals surface area contributed by atoms with E-state index < -0.39 is 0 Å². The highest BCUT2D eigenvalue weighted by atomic mass is 19.1. The Kier molecular flexibility index (Phi) is 5.56. The van der Waals surface area contributed by atoms with Gasteiger partial charge in [-0.25, -0.2) is 4.39 Å². The minimum Gasteiger partial charge on any atom is -0.368 e. The number of hydrogen-bond donors (Lipinski definition) is 1. The molecule has 0 aliphatic carbocycles. The van der Waals surface area contributed by atoms with Gasteiger partial charge in [-0.3, -0.25) is 4.79 Å². The molecular weight excluding hydrogens is 269 g/mol. The monoisotopic (exact) mass is 293 g/mol. The van der Waals surface area contributed by atoms with Gasteiger partial charge in [-0.2, -0.15) is 0 Å². The Hall–Kier alpha value is -1.62. The summed E-state index contributed by atoms with van der Waals surface area (Å²) in [7, 11) is 0. The molecule has 2 rings (SSSR count). The van der Waals surface area contributed by atoms with Crippen molar-refractivity contribution in [3.05, 3.63) is 30.1 Å². The van der Waals surface area contributed by atoms with E-state index in [1.807, 2.05) is 4.90 Å². The highest BCUT2D eigenvalue weighted by molar-refractivity contribution is 5.76. The SMILES string of the molecule is CC(CN)CCC(=O)N1CCN(c2ccc(F)cc2)CC1. The molecule has 1 saturated heterocycles. The van der Waals surface area contributed by atoms with Crippen LogP contribution in [0.3, 0.4) is 0 Å². The fraction of sp³-hybridized carbons (Fsp3) is 0.562. The molecule has 1 amide bonds. The van der Waals surface area contributed by atoms with E-state index in [4.69, 9.17) is 5.73 Å². The second-order valence-electron chi connectivity index (χ2n) is 5.72. The van der Waals surface area contributed by atoms with E-state index in [2.05, 4.69) is 11.8 Å². The molecule has 4 nitrogen and oxygen atoms in total. The Bertz CT molecular complexity index is 455. The molecule has 1 fully saturated rings. The number of halogens is 1. The van der Waals surface area contributed by atoms with E-state index in [9.17, 15) is 9.18 Å². The van der Waals surface area contributed by atoms with Crippen LogP contribution in [-0.4, -0.2) is 43.5 Å². The fourth-order valence-electron chi connectivity index (χ4n) is 2.51. The van der Waals surface area contributed by atoms with Gasteiger partial charge >= 0.3 is 0 Å². The quantitative estimate of drug-likeness (QED) is 0.901. The minimum absolute atomic E-state index is 0.217. The van der Waals surface area contributed by atoms with Crippen LogP contribution in [0, 0.1) is 11.7 Å². The highest BCUT2D eigenvalue weighted by Gasteiger charge is 2.21. The van der Waals surface area contributed by atoms with Crippen molar-refractivity contribution in [2.45, 2.75) is 19.8 Å². The molecule has 116 valence electrons. The molecule has 0 aromatic heterocycles. The van der Waals surface area contributed by atoms with Crippen LogP contribution < -0.4 is 10.6 Å². The summed E-state index contributed by atoms with van der Waals surface area (Å²) in [6, 6.07) is 6.52. The molecule has 5 heteroatoms. The molecule has 1 atom stereocenters. The first-order valence-electron chi connectivity index (χ1n) is 7.58. The first-order chi connectivity index (χ1) is 10.1. The predicted molar refractivity (Wildman–Crippen MR) is 82.6 cm³/mol. The van der Waals surface area contributed by atoms with Crippen LogP contribution in [0.4, 0.5) is 10.1 Å². The largest absolute Gasteiger partial charge is 0.368 e. The van der Waals surface area contributed by atoms with Crippen molar-refractivity contribution in [3.8, 4) is 0 Å². The van der Waals surface area contributed by atoms with Crippen LogP contribution in [0.15, 0.2) is 24.3 Å². The van der Waals surface area contributed by atoms with Gasteiger partial charge in [0, 0.05) is 38.3 Å². The first kappa shape index (κ1) is 15.8. The normalized spacial score (nSPS) is 16.9. The summed E-state index contributed by atoms with van der Waals surface area (Å²) < 4.78 is 12.9. The Balaban J connectivity index is 1.80. The number of carbonyl (C=O) groups is 1. The van der Waals surface area contributed by atoms with Gasteiger partial charge < -0.3 is 15.5 Å². The number of amides is 1. The second-order valence-corrected chi connectivity index (χ2v) is 5.72. The molecule has 0 bridgehead atoms. The number of carbonyl (C=O) groups excluding carboxylic acids is 1. The maximum absolute atomic E-state index is 12.9. The van der Waals surface area contributed by atoms with Gasteiger partial charge in [0.05, 0.1) is 0 Å². The van der Waals surface area contributed by atoms with Crippen molar-refractivity contribution in [1.82, 2.24) is 4.90 Å². The molecule has 1 aliphatic rings. The van der Waals surface area contributed by atoms with E-state index >= 15 is 0 Å². The van der Waals surface area contributed by atoms with Gasteiger partial charge in [0.15, 0.2) is 0 Å². The summed E-state index contributed by atoms with van der Waals surface area (Å²) in [5.74, 6) is 0.394. The number of nitrogens with zero attached hydrogens (tertiary/aromatic N) is 2. The van der Waals surface area contributed by atoms with E-state index in [1.54, 1.807) is 12.1 Å². The van der Waals surface area contributed by atoms with Crippen molar-refractivity contribution in [2.75, 3.05) is 37.6 Å². The van der Waals surface area contributed by atoms with Gasteiger partial charge in [0.1, 0.15) is 5.82 Å². The van der Waals surface area contributed by atoms with E-state index in [0.29, 0.717) is 18.9 Å². The second kappa shape index (κ2) is 7.41. The number of piperazine rings is 1. The molecule has 0 saturated carbocycles. The molecule has 2 N–H and O–H groups in total. The third-order valence-corrected chi connectivity index (χ3v) is 4.08. The minimum atomic E-state index is -0.221. The molecule has 1 heterocycles. The van der Waals surface area contributed by atoms with Gasteiger partial charge in [-0.05, 0) is 43.1 Å². The maximum atomic E-state index is 12.9. The molecule has 1 aromatic rings. The van der Waals surface area contributed by atoms with Crippen LogP contribution in [0.25, 0.3) is 0 Å². The zero-order valence-electron chi connectivity index (χ0n) is 12.6. The van der Waals surface area contributed by atoms with Crippen LogP contribution in [0.2, 0.25) is 0 Å². The fourth-order valence-corrected chi connectivity index (χ4v) is 2.51. The number of benzene rings is 1. The van der Waals surface area contributed by atoms with Gasteiger partial charge in [-0.15, -0.1) is 0 Å². The molecule has 1 aromatic carbocycles. The average molecular weight is 293 g/mol. The van der Waals surface area contributed by atoms with Crippen LogP contribution >= 0.6 is 0 Å². The number of anilines is 1. The Morgan fingerprint density at radius 2 is 1.86 bits per heavy atom. The highest BCUT2D eigenvalue weighted by Crippen LogP contribution is 2.17. The summed E-state index contributed by atoms with van der Waals surface area (Å²) in [6.45, 7) is 5.75. The lowest BCUT2D eigenvalue weighted by atomic mass is 10.1. The summed E-state index contributed by atoms with van der Waals surface area (Å²) in [5, 5.41) is 0. The van der Waals surface area contributed by atoms with Crippen LogP contribution in [0.5, 0.6) is 0 Å². The maximum Gasteiger partial charge on any atom is 0.222 e. The lowest BCUT2D eigenvalue weighted by Gasteiger charge is -2.36. The van der Waals surface area contributed by atoms with E-state index in [-0.39, 0.29) is 11.7 Å². The third-order valence-electron chi connectivity index (χ3n) is 4.08. The van der Waals surface area contributed by atoms with Crippen molar-refractivity contribution in [3.63, 3.8) is 0 Å². The lowest BCUT2D eigenvalue weighted by molar-refractivity contribution is -0.131. The van der Waals surface area contributed by atoms with Crippen molar-refractivity contribution >= 4 is 11.6 Å². The zero-order chi connectivity index (χ0) is 15.2. The first-order valence-corrected chi connectivity index (χ1v) is 7.58. The zero-order valence-corrected chi connectivity index (χ0v) is 12.6. The lowest BCUT2D eigenvalue weighted by Crippen LogP contribution is -2.48. The van der Waals surface area contributed by atoms with E-state index in [1.165, 1.54) is 12.1 Å². The third kappa shape index (κ3) is 4.43. The summed E-state index contributed by atoms with van der Waals surface area (Å²) in [4.78, 5) is 16.2. The average Bonchev–Trinajstić information content (AvgIpc) is 2.53. The molecular formula is C16H24FN3O. The number of hydrogen-bond acceptors (Lipinski definition) is 3. The molecule has 0 spiro atoms. The Morgan fingerprint density at radius 3 is 2.43 bits per heavy atom. The summed E-state index contributed by atoms with van der Waals surface area (Å²) in [6.07, 6.45) is 1.43. The number of nitrogens with two attached hydrogens (primary N) is 1. The van der Waals surface area contributed by atoms with Crippen molar-refractivity contribution in [1.29, 1.82) is 0 Å². The predicted octanol–water partition coefficient (Wildman–Crippen LogP) is 1.85. The summed E-state index contributed by atoms with van der Waals surface area (Å²) >= 11 is 0. The van der Waals surface area contributed by atoms with Gasteiger partial charge in [0.25, 0.3) is 0 Å². The van der Waals surface area contributed by atoms with Crippen LogP contribution in [-0.2, 0) is 4.79 Å². The molecule has 1 aliphatic heterocycles. The van der Waals surface area contributed by atoms with Gasteiger partial charge in [0.2, 0.25) is 5.91 Å². The van der Waals surface area contributed by atoms with Gasteiger partial charge in [-0.1, -0.05) is 6.92 Å². The standard InChI is InChI=1S/C16H24FN3O/c1-13(12-18)2-7-16(21)20-10-8-19(9-11-20)15-5-3-14(17)4-6-15/h3-6,13H,2,7-12,18H2,1H3. The molecule has 21 heavy (non-hydrogen) atoms.